The molecule has 2 atom stereocenters. The van der Waals surface area contributed by atoms with Gasteiger partial charge in [-0.25, -0.2) is 25.6 Å². The summed E-state index contributed by atoms with van der Waals surface area (Å²) in [6.45, 7) is 8.29. The van der Waals surface area contributed by atoms with Crippen LogP contribution in [0.4, 0.5) is 20.2 Å². The fraction of sp³-hybridized carbons (Fsp3) is 0.256. The van der Waals surface area contributed by atoms with Gasteiger partial charge < -0.3 is 47.4 Å². The molecule has 0 spiro atoms. The van der Waals surface area contributed by atoms with Gasteiger partial charge in [-0.15, -0.1) is 0 Å². The van der Waals surface area contributed by atoms with Crippen molar-refractivity contribution in [3.63, 3.8) is 0 Å². The first kappa shape index (κ1) is 70.5. The van der Waals surface area contributed by atoms with Crippen molar-refractivity contribution < 1.29 is 62.8 Å². The van der Waals surface area contributed by atoms with Gasteiger partial charge in [-0.05, 0) is 177 Å². The van der Waals surface area contributed by atoms with Crippen molar-refractivity contribution in [2.24, 2.45) is 11.8 Å². The van der Waals surface area contributed by atoms with E-state index in [1.165, 1.54) is 93.9 Å². The summed E-state index contributed by atoms with van der Waals surface area (Å²) in [6, 6.07) is 46.0. The first-order chi connectivity index (χ1) is 49.4. The number of anilines is 2. The van der Waals surface area contributed by atoms with Gasteiger partial charge in [0.1, 0.15) is 45.8 Å². The minimum absolute atomic E-state index is 0.00685. The number of ether oxygens (including phenoxy) is 2. The molecule has 3 aliphatic heterocycles. The minimum Gasteiger partial charge on any atom is -0.469 e. The molecule has 1 saturated heterocycles. The van der Waals surface area contributed by atoms with E-state index in [0.29, 0.717) is 82.6 Å². The maximum Gasteiger partial charge on any atom is 0.494 e. The number of aromatic nitrogens is 2. The number of fused-ring (bicyclic) bond motifs is 12. The van der Waals surface area contributed by atoms with Gasteiger partial charge in [0.15, 0.2) is 12.5 Å². The third-order valence-electron chi connectivity index (χ3n) is 20.4. The summed E-state index contributed by atoms with van der Waals surface area (Å²) in [5, 5.41) is 9.62. The van der Waals surface area contributed by atoms with Crippen molar-refractivity contribution in [3.8, 4) is 67.8 Å². The summed E-state index contributed by atoms with van der Waals surface area (Å²) in [6.07, 6.45) is 6.54. The Morgan fingerprint density at radius 3 is 1.40 bits per heavy atom. The van der Waals surface area contributed by atoms with E-state index in [9.17, 15) is 35.2 Å². The van der Waals surface area contributed by atoms with Crippen molar-refractivity contribution in [2.75, 3.05) is 49.3 Å². The first-order valence-electron chi connectivity index (χ1n) is 33.7. The van der Waals surface area contributed by atoms with Crippen molar-refractivity contribution in [1.29, 1.82) is 0 Å². The predicted octanol–water partition coefficient (Wildman–Crippen LogP) is 17.6. The topological polar surface area (TPSA) is 206 Å². The zero-order valence-corrected chi connectivity index (χ0v) is 62.9. The molecule has 2 unspecified atom stereocenters. The van der Waals surface area contributed by atoms with E-state index in [4.69, 9.17) is 50.8 Å². The Balaban J connectivity index is 0.000000133. The number of nitrogens with zero attached hydrogens (tertiary/aromatic N) is 4. The highest BCUT2D eigenvalue weighted by Crippen LogP contribution is 2.56. The molecular weight excluding hydrogens is 1480 g/mol. The van der Waals surface area contributed by atoms with E-state index in [2.05, 4.69) is 93.7 Å². The van der Waals surface area contributed by atoms with Gasteiger partial charge in [-0.2, -0.15) is 0 Å². The number of furan rings is 2. The van der Waals surface area contributed by atoms with Crippen LogP contribution in [0.2, 0.25) is 10.0 Å². The third-order valence-corrected chi connectivity index (χ3v) is 24.2. The lowest BCUT2D eigenvalue weighted by molar-refractivity contribution is 0.00578. The second-order valence-electron chi connectivity index (χ2n) is 27.8. The molecule has 18 nitrogen and oxygen atoms in total. The molecule has 8 aromatic carbocycles. The SMILES string of the molecule is CC1(C)OB(c2ccc3c(c2)-c2c(Cl)c4ccccc4n2C(C2CC2)O3)OC1(C)C.CNC(=O)c1c(-c2ccc(F)cc2)oc2cc(N(C)S(C)(=O)=O)c(-c3ccc4c(c3)-c3c(Cl)c5ccccc5n3C(C3CC3)O4)cc12.CNC(=O)c1c(-c2ccc(F)cc2)oc2cc(N(C)S(C)(=O)=O)c(Br)cc12. The van der Waals surface area contributed by atoms with Gasteiger partial charge in [-0.1, -0.05) is 71.7 Å². The van der Waals surface area contributed by atoms with Crippen LogP contribution in [0, 0.1) is 23.5 Å². The maximum absolute atomic E-state index is 13.8. The number of halogens is 5. The Bertz CT molecular complexity index is 5760. The van der Waals surface area contributed by atoms with Crippen molar-refractivity contribution >= 4 is 139 Å². The molecule has 534 valence electrons. The van der Waals surface area contributed by atoms with E-state index in [0.717, 1.165) is 90.2 Å². The number of hydrogen-bond donors (Lipinski definition) is 2. The van der Waals surface area contributed by atoms with Gasteiger partial charge in [0.2, 0.25) is 20.0 Å². The number of para-hydroxylation sites is 2. The zero-order valence-electron chi connectivity index (χ0n) is 58.1. The van der Waals surface area contributed by atoms with Gasteiger partial charge in [0, 0.05) is 106 Å². The van der Waals surface area contributed by atoms with E-state index < -0.39 is 44.7 Å². The quantitative estimate of drug-likeness (QED) is 0.110. The van der Waals surface area contributed by atoms with Crippen LogP contribution in [-0.4, -0.2) is 96.8 Å². The standard InChI is InChI=1S/C36H29ClFN3O5S.C24H25BClNO3.C18H16BrFN2O4S/c1-39-35(42)31-25-17-24(28(40(2)47(3,43)44)18-30(25)45-34(31)19-10-13-22(38)14-11-19)21-12-15-29-26(16-21)33-32(37)23-6-4-5-7-27(23)41(33)36(46-29)20-8-9-20;1-23(2)24(3,4)30-25(29-23)15-11-12-19-17(13-15)21-20(26)16-7-5-6-8-18(16)27(21)22(28-19)14-9-10-14;1-21-18(23)16-12-8-13(19)14(22(2)27(3,24)25)9-15(12)26-17(16)10-4-6-11(20)7-5-10/h4-7,10-18,20,36H,8-9H2,1-3H3,(H,39,42);5-8,11-14,22H,9-10H2,1-4H3;4-9H,1-3H3,(H,21,23). The van der Waals surface area contributed by atoms with Gasteiger partial charge in [-0.3, -0.25) is 18.2 Å². The van der Waals surface area contributed by atoms with Crippen LogP contribution < -0.4 is 34.2 Å². The summed E-state index contributed by atoms with van der Waals surface area (Å²) >= 11 is 17.4. The van der Waals surface area contributed by atoms with Crippen LogP contribution >= 0.6 is 39.1 Å². The summed E-state index contributed by atoms with van der Waals surface area (Å²) in [4.78, 5) is 25.8. The van der Waals surface area contributed by atoms with Gasteiger partial charge in [0.25, 0.3) is 11.8 Å². The van der Waals surface area contributed by atoms with Crippen LogP contribution in [-0.2, 0) is 29.4 Å². The lowest BCUT2D eigenvalue weighted by Gasteiger charge is -2.32. The molecule has 26 heteroatoms. The number of rotatable bonds is 12. The Morgan fingerprint density at radius 1 is 0.538 bits per heavy atom. The van der Waals surface area contributed by atoms with Crippen LogP contribution in [0.25, 0.3) is 100 Å². The number of hydrogen-bond acceptors (Lipinski definition) is 12. The summed E-state index contributed by atoms with van der Waals surface area (Å²) < 4.78 is 122. The minimum atomic E-state index is -3.72. The summed E-state index contributed by atoms with van der Waals surface area (Å²) in [5.41, 5.74) is 10.1. The number of sulfonamides is 2. The van der Waals surface area contributed by atoms with Crippen LogP contribution in [0.3, 0.4) is 0 Å². The molecule has 7 heterocycles. The molecule has 4 aromatic heterocycles. The fourth-order valence-electron chi connectivity index (χ4n) is 13.8. The maximum atomic E-state index is 13.8. The highest BCUT2D eigenvalue weighted by molar-refractivity contribution is 9.10. The number of nitrogens with one attached hydrogen (secondary N) is 2. The van der Waals surface area contributed by atoms with Gasteiger partial charge >= 0.3 is 7.12 Å². The lowest BCUT2D eigenvalue weighted by Crippen LogP contribution is -2.41. The molecule has 2 aliphatic carbocycles. The molecule has 17 rings (SSSR count). The number of amides is 2. The number of carbonyl (C=O) groups is 2. The molecule has 5 aliphatic rings. The molecular formula is C78H70BBrCl2F2N6O12S2. The second-order valence-corrected chi connectivity index (χ2v) is 33.4. The number of carbonyl (C=O) groups excluding carboxylic acids is 2. The molecule has 3 fully saturated rings. The van der Waals surface area contributed by atoms with Crippen molar-refractivity contribution in [1.82, 2.24) is 19.8 Å². The van der Waals surface area contributed by atoms with E-state index in [-0.39, 0.29) is 52.2 Å². The van der Waals surface area contributed by atoms with E-state index in [1.807, 2.05) is 54.6 Å². The smallest absolute Gasteiger partial charge is 0.469 e. The molecule has 0 bridgehead atoms. The summed E-state index contributed by atoms with van der Waals surface area (Å²) in [7, 11) is -1.71. The van der Waals surface area contributed by atoms with Crippen molar-refractivity contribution in [3.05, 3.63) is 195 Å². The third kappa shape index (κ3) is 12.4. The Labute approximate surface area is 618 Å². The molecule has 2 amide bonds. The molecule has 0 radical (unpaired) electrons. The van der Waals surface area contributed by atoms with Crippen LogP contribution in [0.1, 0.15) is 86.6 Å². The molecule has 12 aromatic rings. The van der Waals surface area contributed by atoms with Gasteiger partial charge in [0.05, 0.1) is 78.7 Å². The van der Waals surface area contributed by atoms with Crippen LogP contribution in [0.5, 0.6) is 11.5 Å². The first-order valence-corrected chi connectivity index (χ1v) is 38.9. The second kappa shape index (κ2) is 26.2. The normalized spacial score (nSPS) is 17.0. The zero-order chi connectivity index (χ0) is 73.5. The van der Waals surface area contributed by atoms with Crippen LogP contribution in [0.15, 0.2) is 171 Å². The highest BCUT2D eigenvalue weighted by Gasteiger charge is 2.52. The Hall–Kier alpha value is -9.14. The average molecular weight is 1550 g/mol. The highest BCUT2D eigenvalue weighted by atomic mass is 79.9. The number of benzene rings is 8. The predicted molar refractivity (Wildman–Crippen MR) is 408 cm³/mol. The van der Waals surface area contributed by atoms with Crippen molar-refractivity contribution in [2.45, 2.75) is 77.0 Å². The molecule has 2 N–H and O–H groups in total. The van der Waals surface area contributed by atoms with E-state index >= 15 is 0 Å². The lowest BCUT2D eigenvalue weighted by atomic mass is 9.78. The molecule has 2 saturated carbocycles. The average Bonchev–Trinajstić information content (AvgIpc) is 1.56. The van der Waals surface area contributed by atoms with E-state index in [1.54, 1.807) is 24.3 Å². The fourth-order valence-corrected chi connectivity index (χ4v) is 16.2. The monoisotopic (exact) mass is 1540 g/mol. The Morgan fingerprint density at radius 2 is 0.952 bits per heavy atom. The molecule has 104 heavy (non-hydrogen) atoms. The Kier molecular flexibility index (Phi) is 17.7. The summed E-state index contributed by atoms with van der Waals surface area (Å²) in [5.74, 6) is 1.39. The largest absolute Gasteiger partial charge is 0.494 e.